The highest BCUT2D eigenvalue weighted by Gasteiger charge is 2.18. The molecule has 2 heterocycles. The maximum absolute atomic E-state index is 6.23. The first-order chi connectivity index (χ1) is 10.3. The Morgan fingerprint density at radius 3 is 3.05 bits per heavy atom. The van der Waals surface area contributed by atoms with Gasteiger partial charge in [0.2, 0.25) is 0 Å². The Morgan fingerprint density at radius 2 is 2.29 bits per heavy atom. The van der Waals surface area contributed by atoms with Gasteiger partial charge in [0.25, 0.3) is 0 Å². The molecule has 1 saturated heterocycles. The van der Waals surface area contributed by atoms with E-state index in [-0.39, 0.29) is 0 Å². The maximum Gasteiger partial charge on any atom is 0.185 e. The quantitative estimate of drug-likeness (QED) is 0.878. The molecule has 0 saturated carbocycles. The topological polar surface area (TPSA) is 78.9 Å². The van der Waals surface area contributed by atoms with Crippen LogP contribution in [0.15, 0.2) is 18.2 Å². The third-order valence-corrected chi connectivity index (χ3v) is 4.05. The summed E-state index contributed by atoms with van der Waals surface area (Å²) in [6.45, 7) is 1.54. The predicted octanol–water partition coefficient (Wildman–Crippen LogP) is 2.53. The van der Waals surface area contributed by atoms with E-state index in [2.05, 4.69) is 15.5 Å². The van der Waals surface area contributed by atoms with Gasteiger partial charge in [-0.3, -0.25) is 0 Å². The molecule has 112 valence electrons. The molecule has 21 heavy (non-hydrogen) atoms. The van der Waals surface area contributed by atoms with Crippen molar-refractivity contribution in [2.45, 2.75) is 38.3 Å². The van der Waals surface area contributed by atoms with Gasteiger partial charge in [-0.25, -0.2) is 4.68 Å². The maximum atomic E-state index is 6.23. The lowest BCUT2D eigenvalue weighted by molar-refractivity contribution is 0.00828. The van der Waals surface area contributed by atoms with E-state index in [1.165, 1.54) is 6.42 Å². The van der Waals surface area contributed by atoms with E-state index in [1.54, 1.807) is 16.8 Å². The van der Waals surface area contributed by atoms with Crippen LogP contribution in [-0.4, -0.2) is 32.9 Å². The number of hydrogen-bond acceptors (Lipinski definition) is 5. The zero-order chi connectivity index (χ0) is 14.7. The van der Waals surface area contributed by atoms with E-state index in [0.29, 0.717) is 34.7 Å². The van der Waals surface area contributed by atoms with Crippen LogP contribution < -0.4 is 5.73 Å². The summed E-state index contributed by atoms with van der Waals surface area (Å²) in [6, 6.07) is 5.40. The molecule has 1 aromatic carbocycles. The van der Waals surface area contributed by atoms with Gasteiger partial charge in [0, 0.05) is 18.8 Å². The van der Waals surface area contributed by atoms with Crippen LogP contribution in [0.1, 0.15) is 25.7 Å². The lowest BCUT2D eigenvalue weighted by atomic mass is 10.1. The van der Waals surface area contributed by atoms with Crippen molar-refractivity contribution in [1.82, 2.24) is 20.2 Å². The number of ether oxygens (including phenoxy) is 1. The van der Waals surface area contributed by atoms with Crippen molar-refractivity contribution >= 4 is 17.3 Å². The van der Waals surface area contributed by atoms with Crippen LogP contribution in [0.5, 0.6) is 0 Å². The van der Waals surface area contributed by atoms with Gasteiger partial charge < -0.3 is 10.5 Å². The second kappa shape index (κ2) is 6.41. The summed E-state index contributed by atoms with van der Waals surface area (Å²) in [7, 11) is 0. The number of rotatable bonds is 4. The van der Waals surface area contributed by atoms with E-state index in [4.69, 9.17) is 22.1 Å². The number of halogens is 1. The lowest BCUT2D eigenvalue weighted by Gasteiger charge is -2.22. The van der Waals surface area contributed by atoms with Crippen molar-refractivity contribution in [3.05, 3.63) is 23.2 Å². The third kappa shape index (κ3) is 3.16. The van der Waals surface area contributed by atoms with E-state index >= 15 is 0 Å². The Balaban J connectivity index is 1.77. The molecule has 2 aromatic rings. The van der Waals surface area contributed by atoms with Gasteiger partial charge in [0.1, 0.15) is 0 Å². The molecule has 1 aliphatic heterocycles. The number of aryl methyl sites for hydroxylation is 1. The van der Waals surface area contributed by atoms with Crippen LogP contribution in [0.4, 0.5) is 5.69 Å². The standard InChI is InChI=1S/C14H18ClN5O/c15-11-5-3-6-12(16)13(11)14-17-18-19-20(14)8-7-10-4-1-2-9-21-10/h3,5-6,10H,1-2,4,7-9,16H2. The summed E-state index contributed by atoms with van der Waals surface area (Å²) in [5.41, 5.74) is 7.27. The number of tetrazole rings is 1. The summed E-state index contributed by atoms with van der Waals surface area (Å²) < 4.78 is 7.48. The number of anilines is 1. The summed E-state index contributed by atoms with van der Waals surface area (Å²) in [4.78, 5) is 0. The minimum atomic E-state index is 0.291. The molecule has 1 fully saturated rings. The summed E-state index contributed by atoms with van der Waals surface area (Å²) >= 11 is 6.23. The van der Waals surface area contributed by atoms with Gasteiger partial charge in [-0.1, -0.05) is 17.7 Å². The van der Waals surface area contributed by atoms with Crippen molar-refractivity contribution < 1.29 is 4.74 Å². The first kappa shape index (κ1) is 14.3. The number of aromatic nitrogens is 4. The average molecular weight is 308 g/mol. The van der Waals surface area contributed by atoms with E-state index in [9.17, 15) is 0 Å². The monoisotopic (exact) mass is 307 g/mol. The van der Waals surface area contributed by atoms with Crippen LogP contribution in [0.3, 0.4) is 0 Å². The normalized spacial score (nSPS) is 18.8. The zero-order valence-electron chi connectivity index (χ0n) is 11.7. The van der Waals surface area contributed by atoms with Crippen LogP contribution in [0.25, 0.3) is 11.4 Å². The Hall–Kier alpha value is -1.66. The highest BCUT2D eigenvalue weighted by Crippen LogP contribution is 2.31. The number of nitrogens with zero attached hydrogens (tertiary/aromatic N) is 4. The Bertz CT molecular complexity index is 589. The van der Waals surface area contributed by atoms with Crippen LogP contribution in [-0.2, 0) is 11.3 Å². The molecular weight excluding hydrogens is 290 g/mol. The van der Waals surface area contributed by atoms with Gasteiger partial charge in [0.15, 0.2) is 5.82 Å². The fraction of sp³-hybridized carbons (Fsp3) is 0.500. The highest BCUT2D eigenvalue weighted by molar-refractivity contribution is 6.33. The molecule has 0 bridgehead atoms. The number of benzene rings is 1. The summed E-state index contributed by atoms with van der Waals surface area (Å²) in [5.74, 6) is 0.605. The first-order valence-corrected chi connectivity index (χ1v) is 7.55. The molecule has 0 radical (unpaired) electrons. The SMILES string of the molecule is Nc1cccc(Cl)c1-c1nnnn1CCC1CCCCO1. The molecule has 1 aromatic heterocycles. The van der Waals surface area contributed by atoms with Gasteiger partial charge in [-0.05, 0) is 48.2 Å². The molecule has 2 N–H and O–H groups in total. The molecular formula is C14H18ClN5O. The number of nitrogen functional groups attached to an aromatic ring is 1. The van der Waals surface area contributed by atoms with Crippen molar-refractivity contribution in [1.29, 1.82) is 0 Å². The van der Waals surface area contributed by atoms with Crippen molar-refractivity contribution in [3.8, 4) is 11.4 Å². The van der Waals surface area contributed by atoms with Gasteiger partial charge in [-0.15, -0.1) is 5.10 Å². The Kier molecular flexibility index (Phi) is 4.36. The summed E-state index contributed by atoms with van der Waals surface area (Å²) in [6.07, 6.45) is 4.67. The molecule has 1 atom stereocenters. The minimum Gasteiger partial charge on any atom is -0.398 e. The molecule has 6 nitrogen and oxygen atoms in total. The summed E-state index contributed by atoms with van der Waals surface area (Å²) in [5, 5.41) is 12.4. The molecule has 7 heteroatoms. The van der Waals surface area contributed by atoms with Gasteiger partial charge in [0.05, 0.1) is 16.7 Å². The van der Waals surface area contributed by atoms with E-state index < -0.39 is 0 Å². The van der Waals surface area contributed by atoms with Crippen LogP contribution in [0.2, 0.25) is 5.02 Å². The fourth-order valence-corrected chi connectivity index (χ4v) is 2.88. The van der Waals surface area contributed by atoms with E-state index in [1.807, 2.05) is 6.07 Å². The Morgan fingerprint density at radius 1 is 1.38 bits per heavy atom. The fourth-order valence-electron chi connectivity index (χ4n) is 2.61. The molecule has 1 unspecified atom stereocenters. The number of hydrogen-bond donors (Lipinski definition) is 1. The minimum absolute atomic E-state index is 0.291. The van der Waals surface area contributed by atoms with Crippen LogP contribution >= 0.6 is 11.6 Å². The smallest absolute Gasteiger partial charge is 0.185 e. The van der Waals surface area contributed by atoms with Crippen molar-refractivity contribution in [2.75, 3.05) is 12.3 Å². The van der Waals surface area contributed by atoms with Crippen molar-refractivity contribution in [3.63, 3.8) is 0 Å². The zero-order valence-corrected chi connectivity index (χ0v) is 12.5. The largest absolute Gasteiger partial charge is 0.398 e. The lowest BCUT2D eigenvalue weighted by Crippen LogP contribution is -2.21. The van der Waals surface area contributed by atoms with Crippen molar-refractivity contribution in [2.24, 2.45) is 0 Å². The molecule has 0 amide bonds. The van der Waals surface area contributed by atoms with Crippen LogP contribution in [0, 0.1) is 0 Å². The van der Waals surface area contributed by atoms with Gasteiger partial charge >= 0.3 is 0 Å². The molecule has 3 rings (SSSR count). The second-order valence-electron chi connectivity index (χ2n) is 5.21. The molecule has 1 aliphatic rings. The predicted molar refractivity (Wildman–Crippen MR) is 80.9 cm³/mol. The molecule has 0 aliphatic carbocycles. The second-order valence-corrected chi connectivity index (χ2v) is 5.61. The number of nitrogens with two attached hydrogens (primary N) is 1. The third-order valence-electron chi connectivity index (χ3n) is 3.74. The Labute approximate surface area is 128 Å². The average Bonchev–Trinajstić information content (AvgIpc) is 2.94. The van der Waals surface area contributed by atoms with Gasteiger partial charge in [-0.2, -0.15) is 0 Å². The highest BCUT2D eigenvalue weighted by atomic mass is 35.5. The van der Waals surface area contributed by atoms with E-state index in [0.717, 1.165) is 25.9 Å². The molecule has 0 spiro atoms. The first-order valence-electron chi connectivity index (χ1n) is 7.18.